The summed E-state index contributed by atoms with van der Waals surface area (Å²) in [4.78, 5) is 37.9. The summed E-state index contributed by atoms with van der Waals surface area (Å²) in [7, 11) is 1.29. The topological polar surface area (TPSA) is 84.9 Å². The molecule has 1 aliphatic heterocycles. The van der Waals surface area contributed by atoms with Crippen LogP contribution in [0.1, 0.15) is 31.9 Å². The molecule has 1 aromatic carbocycles. The zero-order chi connectivity index (χ0) is 18.4. The molecule has 0 aliphatic carbocycles. The van der Waals surface area contributed by atoms with Gasteiger partial charge in [0.25, 0.3) is 0 Å². The molecule has 25 heavy (non-hydrogen) atoms. The van der Waals surface area contributed by atoms with Gasteiger partial charge in [0.15, 0.2) is 0 Å². The van der Waals surface area contributed by atoms with Gasteiger partial charge in [-0.25, -0.2) is 9.59 Å². The number of hydrogen-bond acceptors (Lipinski definition) is 5. The van der Waals surface area contributed by atoms with Crippen molar-refractivity contribution in [3.63, 3.8) is 0 Å². The number of allylic oxidation sites excluding steroid dienone is 1. The molecule has 1 N–H and O–H groups in total. The average Bonchev–Trinajstić information content (AvgIpc) is 2.60. The van der Waals surface area contributed by atoms with Crippen molar-refractivity contribution in [1.82, 2.24) is 10.2 Å². The molecular formula is C18H22N2O5. The van der Waals surface area contributed by atoms with Crippen LogP contribution in [0.2, 0.25) is 0 Å². The molecule has 7 heteroatoms. The highest BCUT2D eigenvalue weighted by Crippen LogP contribution is 2.34. The zero-order valence-corrected chi connectivity index (χ0v) is 14.6. The minimum absolute atomic E-state index is 0.0302. The fraction of sp³-hybridized carbons (Fsp3) is 0.389. The van der Waals surface area contributed by atoms with E-state index in [4.69, 9.17) is 4.74 Å². The van der Waals surface area contributed by atoms with E-state index < -0.39 is 18.0 Å². The van der Waals surface area contributed by atoms with Gasteiger partial charge in [0.1, 0.15) is 0 Å². The van der Waals surface area contributed by atoms with Gasteiger partial charge in [-0.2, -0.15) is 0 Å². The summed E-state index contributed by atoms with van der Waals surface area (Å²) in [5.41, 5.74) is 1.58. The second-order valence-corrected chi connectivity index (χ2v) is 5.52. The molecule has 1 unspecified atom stereocenters. The van der Waals surface area contributed by atoms with E-state index in [1.807, 2.05) is 30.3 Å². The van der Waals surface area contributed by atoms with Crippen molar-refractivity contribution >= 4 is 18.0 Å². The Labute approximate surface area is 146 Å². The Bertz CT molecular complexity index is 684. The maximum absolute atomic E-state index is 12.5. The molecule has 2 amide bonds. The van der Waals surface area contributed by atoms with Gasteiger partial charge in [-0.05, 0) is 19.4 Å². The van der Waals surface area contributed by atoms with Crippen LogP contribution >= 0.6 is 0 Å². The molecule has 1 aromatic rings. The molecule has 0 radical (unpaired) electrons. The number of rotatable bonds is 6. The van der Waals surface area contributed by atoms with E-state index in [0.29, 0.717) is 11.3 Å². The normalized spacial score (nSPS) is 17.2. The van der Waals surface area contributed by atoms with Crippen molar-refractivity contribution in [2.24, 2.45) is 0 Å². The molecule has 0 bridgehead atoms. The van der Waals surface area contributed by atoms with E-state index in [0.717, 1.165) is 5.56 Å². The van der Waals surface area contributed by atoms with Crippen LogP contribution in [0.4, 0.5) is 4.79 Å². The molecular weight excluding hydrogens is 324 g/mol. The highest BCUT2D eigenvalue weighted by Gasteiger charge is 2.38. The largest absolute Gasteiger partial charge is 0.469 e. The molecule has 7 nitrogen and oxygen atoms in total. The van der Waals surface area contributed by atoms with Crippen molar-refractivity contribution < 1.29 is 23.9 Å². The number of esters is 2. The number of carbonyl (C=O) groups excluding carboxylic acids is 3. The SMILES string of the molecule is CCOC(=O)C1=C(C)NC(=O)N(CCC(=O)OC)C1c1ccccc1. The van der Waals surface area contributed by atoms with Crippen molar-refractivity contribution in [3.8, 4) is 0 Å². The van der Waals surface area contributed by atoms with Gasteiger partial charge in [-0.3, -0.25) is 4.79 Å². The minimum Gasteiger partial charge on any atom is -0.469 e. The fourth-order valence-corrected chi connectivity index (χ4v) is 2.78. The van der Waals surface area contributed by atoms with Crippen molar-refractivity contribution in [2.45, 2.75) is 26.3 Å². The summed E-state index contributed by atoms with van der Waals surface area (Å²) in [5.74, 6) is -0.916. The van der Waals surface area contributed by atoms with Crippen LogP contribution in [0.15, 0.2) is 41.6 Å². The molecule has 1 heterocycles. The second kappa shape index (κ2) is 8.32. The Morgan fingerprint density at radius 2 is 1.92 bits per heavy atom. The summed E-state index contributed by atoms with van der Waals surface area (Å²) >= 11 is 0. The standard InChI is InChI=1S/C18H22N2O5/c1-4-25-17(22)15-12(2)19-18(23)20(11-10-14(21)24-3)16(15)13-8-6-5-7-9-13/h5-9,16H,4,10-11H2,1-3H3,(H,19,23). The number of urea groups is 1. The van der Waals surface area contributed by atoms with Gasteiger partial charge in [0.05, 0.1) is 31.8 Å². The molecule has 0 saturated carbocycles. The number of amides is 2. The molecule has 0 aromatic heterocycles. The molecule has 2 rings (SSSR count). The lowest BCUT2D eigenvalue weighted by Crippen LogP contribution is -2.49. The molecule has 1 aliphatic rings. The predicted molar refractivity (Wildman–Crippen MR) is 90.4 cm³/mol. The van der Waals surface area contributed by atoms with Crippen molar-refractivity contribution in [1.29, 1.82) is 0 Å². The third kappa shape index (κ3) is 4.17. The van der Waals surface area contributed by atoms with E-state index in [2.05, 4.69) is 10.1 Å². The number of hydrogen-bond donors (Lipinski definition) is 1. The van der Waals surface area contributed by atoms with Crippen LogP contribution in [-0.2, 0) is 19.1 Å². The summed E-state index contributed by atoms with van der Waals surface area (Å²) in [6.07, 6.45) is 0.0302. The van der Waals surface area contributed by atoms with E-state index in [9.17, 15) is 14.4 Å². The first kappa shape index (κ1) is 18.5. The van der Waals surface area contributed by atoms with E-state index in [-0.39, 0.29) is 25.6 Å². The van der Waals surface area contributed by atoms with E-state index in [1.165, 1.54) is 12.0 Å². The lowest BCUT2D eigenvalue weighted by Gasteiger charge is -2.37. The van der Waals surface area contributed by atoms with Crippen LogP contribution in [0.5, 0.6) is 0 Å². The Morgan fingerprint density at radius 1 is 1.24 bits per heavy atom. The predicted octanol–water partition coefficient (Wildman–Crippen LogP) is 2.15. The molecule has 134 valence electrons. The number of ether oxygens (including phenoxy) is 2. The van der Waals surface area contributed by atoms with Crippen molar-refractivity contribution in [3.05, 3.63) is 47.2 Å². The van der Waals surface area contributed by atoms with Crippen LogP contribution in [0.25, 0.3) is 0 Å². The molecule has 1 atom stereocenters. The molecule has 0 fully saturated rings. The van der Waals surface area contributed by atoms with Crippen LogP contribution in [0, 0.1) is 0 Å². The lowest BCUT2D eigenvalue weighted by atomic mass is 9.93. The third-order valence-electron chi connectivity index (χ3n) is 3.94. The van der Waals surface area contributed by atoms with Gasteiger partial charge in [-0.1, -0.05) is 30.3 Å². The summed E-state index contributed by atoms with van der Waals surface area (Å²) < 4.78 is 9.82. The van der Waals surface area contributed by atoms with Gasteiger partial charge in [0, 0.05) is 12.2 Å². The molecule has 0 spiro atoms. The van der Waals surface area contributed by atoms with E-state index >= 15 is 0 Å². The van der Waals surface area contributed by atoms with Crippen LogP contribution in [0.3, 0.4) is 0 Å². The Morgan fingerprint density at radius 3 is 2.52 bits per heavy atom. The Balaban J connectivity index is 2.45. The van der Waals surface area contributed by atoms with E-state index in [1.54, 1.807) is 13.8 Å². The average molecular weight is 346 g/mol. The third-order valence-corrected chi connectivity index (χ3v) is 3.94. The highest BCUT2D eigenvalue weighted by atomic mass is 16.5. The van der Waals surface area contributed by atoms with Crippen LogP contribution in [-0.4, -0.2) is 43.1 Å². The van der Waals surface area contributed by atoms with Crippen molar-refractivity contribution in [2.75, 3.05) is 20.3 Å². The first-order chi connectivity index (χ1) is 12.0. The molecule has 0 saturated heterocycles. The first-order valence-electron chi connectivity index (χ1n) is 8.06. The first-order valence-corrected chi connectivity index (χ1v) is 8.06. The highest BCUT2D eigenvalue weighted by molar-refractivity contribution is 5.95. The number of carbonyl (C=O) groups is 3. The fourth-order valence-electron chi connectivity index (χ4n) is 2.78. The number of methoxy groups -OCH3 is 1. The van der Waals surface area contributed by atoms with Gasteiger partial charge < -0.3 is 19.7 Å². The Hall–Kier alpha value is -2.83. The number of nitrogens with one attached hydrogen (secondary N) is 1. The summed E-state index contributed by atoms with van der Waals surface area (Å²) in [6.45, 7) is 3.74. The number of benzene rings is 1. The van der Waals surface area contributed by atoms with Gasteiger partial charge in [0.2, 0.25) is 0 Å². The maximum atomic E-state index is 12.5. The van der Waals surface area contributed by atoms with Crippen LogP contribution < -0.4 is 5.32 Å². The quantitative estimate of drug-likeness (QED) is 0.798. The Kier molecular flexibility index (Phi) is 6.16. The van der Waals surface area contributed by atoms with Gasteiger partial charge in [-0.15, -0.1) is 0 Å². The second-order valence-electron chi connectivity index (χ2n) is 5.52. The van der Waals surface area contributed by atoms with Gasteiger partial charge >= 0.3 is 18.0 Å². The maximum Gasteiger partial charge on any atom is 0.338 e. The zero-order valence-electron chi connectivity index (χ0n) is 14.6. The number of nitrogens with zero attached hydrogens (tertiary/aromatic N) is 1. The minimum atomic E-state index is -0.626. The lowest BCUT2D eigenvalue weighted by molar-refractivity contribution is -0.140. The summed E-state index contributed by atoms with van der Waals surface area (Å²) in [6, 6.07) is 8.19. The smallest absolute Gasteiger partial charge is 0.338 e. The monoisotopic (exact) mass is 346 g/mol. The summed E-state index contributed by atoms with van der Waals surface area (Å²) in [5, 5.41) is 2.67.